The van der Waals surface area contributed by atoms with Crippen LogP contribution >= 0.6 is 23.1 Å². The summed E-state index contributed by atoms with van der Waals surface area (Å²) >= 11 is 2.91. The predicted octanol–water partition coefficient (Wildman–Crippen LogP) is 5.47. The van der Waals surface area contributed by atoms with Gasteiger partial charge in [0.1, 0.15) is 0 Å². The van der Waals surface area contributed by atoms with Crippen LogP contribution in [0.25, 0.3) is 0 Å². The molecule has 0 aliphatic carbocycles. The SMILES string of the molecule is Cc1cccc(Nc2nnc(SCC(=O)c3cc(C)n(CC4CCCO4)c3C)s2)c1C. The number of ketones is 1. The van der Waals surface area contributed by atoms with Crippen LogP contribution in [0.5, 0.6) is 0 Å². The summed E-state index contributed by atoms with van der Waals surface area (Å²) in [7, 11) is 0. The van der Waals surface area contributed by atoms with E-state index in [1.54, 1.807) is 0 Å². The number of rotatable bonds is 8. The van der Waals surface area contributed by atoms with E-state index in [1.165, 1.54) is 34.2 Å². The Bertz CT molecular complexity index is 1080. The Morgan fingerprint density at radius 1 is 1.29 bits per heavy atom. The molecule has 4 rings (SSSR count). The molecule has 31 heavy (non-hydrogen) atoms. The number of aryl methyl sites for hydroxylation is 2. The van der Waals surface area contributed by atoms with Gasteiger partial charge in [-0.25, -0.2) is 0 Å². The highest BCUT2D eigenvalue weighted by Crippen LogP contribution is 2.30. The lowest BCUT2D eigenvalue weighted by atomic mass is 10.1. The van der Waals surface area contributed by atoms with E-state index in [0.29, 0.717) is 5.75 Å². The molecule has 2 aromatic heterocycles. The van der Waals surface area contributed by atoms with Crippen molar-refractivity contribution in [3.63, 3.8) is 0 Å². The summed E-state index contributed by atoms with van der Waals surface area (Å²) in [6, 6.07) is 8.15. The number of anilines is 2. The molecule has 1 saturated heterocycles. The van der Waals surface area contributed by atoms with Crippen molar-refractivity contribution in [2.24, 2.45) is 0 Å². The largest absolute Gasteiger partial charge is 0.376 e. The average molecular weight is 457 g/mol. The smallest absolute Gasteiger partial charge is 0.210 e. The molecule has 1 N–H and O–H groups in total. The van der Waals surface area contributed by atoms with E-state index < -0.39 is 0 Å². The summed E-state index contributed by atoms with van der Waals surface area (Å²) in [5, 5.41) is 12.5. The number of carbonyl (C=O) groups excluding carboxylic acids is 1. The maximum Gasteiger partial charge on any atom is 0.210 e. The van der Waals surface area contributed by atoms with Crippen molar-refractivity contribution in [1.82, 2.24) is 14.8 Å². The fraction of sp³-hybridized carbons (Fsp3) is 0.435. The number of benzene rings is 1. The highest BCUT2D eigenvalue weighted by atomic mass is 32.2. The summed E-state index contributed by atoms with van der Waals surface area (Å²) in [5.74, 6) is 0.471. The number of aromatic nitrogens is 3. The van der Waals surface area contributed by atoms with Crippen molar-refractivity contribution in [3.8, 4) is 0 Å². The van der Waals surface area contributed by atoms with Crippen molar-refractivity contribution >= 4 is 39.7 Å². The van der Waals surface area contributed by atoms with Crippen LogP contribution < -0.4 is 5.32 Å². The van der Waals surface area contributed by atoms with Gasteiger partial charge in [-0.2, -0.15) is 0 Å². The van der Waals surface area contributed by atoms with E-state index in [4.69, 9.17) is 4.74 Å². The van der Waals surface area contributed by atoms with E-state index in [1.807, 2.05) is 25.1 Å². The number of hydrogen-bond donors (Lipinski definition) is 1. The Hall–Kier alpha value is -2.16. The van der Waals surface area contributed by atoms with Gasteiger partial charge in [0.2, 0.25) is 5.13 Å². The monoisotopic (exact) mass is 456 g/mol. The zero-order valence-electron chi connectivity index (χ0n) is 18.4. The molecule has 1 aliphatic heterocycles. The van der Waals surface area contributed by atoms with Crippen LogP contribution in [0.3, 0.4) is 0 Å². The number of thioether (sulfide) groups is 1. The highest BCUT2D eigenvalue weighted by molar-refractivity contribution is 8.01. The van der Waals surface area contributed by atoms with Crippen LogP contribution in [0.15, 0.2) is 28.6 Å². The maximum atomic E-state index is 12.9. The Morgan fingerprint density at radius 3 is 2.90 bits per heavy atom. The molecule has 1 fully saturated rings. The van der Waals surface area contributed by atoms with Gasteiger partial charge in [0.25, 0.3) is 0 Å². The molecule has 0 radical (unpaired) electrons. The Balaban J connectivity index is 1.37. The molecule has 1 unspecified atom stereocenters. The molecule has 164 valence electrons. The molecule has 1 atom stereocenters. The van der Waals surface area contributed by atoms with E-state index in [9.17, 15) is 4.79 Å². The number of Topliss-reactive ketones (excluding diaryl/α,β-unsaturated/α-hetero) is 1. The first kappa shape index (κ1) is 22.0. The van der Waals surface area contributed by atoms with Crippen LogP contribution in [0.1, 0.15) is 45.7 Å². The molecule has 3 heterocycles. The molecule has 0 saturated carbocycles. The second-order valence-electron chi connectivity index (χ2n) is 7.99. The van der Waals surface area contributed by atoms with Crippen molar-refractivity contribution < 1.29 is 9.53 Å². The van der Waals surface area contributed by atoms with Gasteiger partial charge in [0.15, 0.2) is 10.1 Å². The molecule has 0 amide bonds. The molecule has 0 bridgehead atoms. The zero-order chi connectivity index (χ0) is 22.0. The van der Waals surface area contributed by atoms with Gasteiger partial charge in [-0.05, 0) is 63.8 Å². The van der Waals surface area contributed by atoms with Gasteiger partial charge in [-0.3, -0.25) is 4.79 Å². The second-order valence-corrected chi connectivity index (χ2v) is 10.2. The van der Waals surface area contributed by atoms with Gasteiger partial charge >= 0.3 is 0 Å². The maximum absolute atomic E-state index is 12.9. The first-order chi connectivity index (χ1) is 14.9. The molecule has 0 spiro atoms. The van der Waals surface area contributed by atoms with E-state index >= 15 is 0 Å². The van der Waals surface area contributed by atoms with E-state index in [2.05, 4.69) is 46.9 Å². The third-order valence-corrected chi connectivity index (χ3v) is 7.84. The Labute approximate surface area is 191 Å². The van der Waals surface area contributed by atoms with Gasteiger partial charge in [-0.15, -0.1) is 10.2 Å². The lowest BCUT2D eigenvalue weighted by molar-refractivity contribution is 0.0957. The lowest BCUT2D eigenvalue weighted by Gasteiger charge is -2.14. The molecule has 1 aliphatic rings. The zero-order valence-corrected chi connectivity index (χ0v) is 20.0. The first-order valence-electron chi connectivity index (χ1n) is 10.5. The minimum atomic E-state index is 0.121. The number of nitrogens with one attached hydrogen (secondary N) is 1. The molecule has 1 aromatic carbocycles. The third kappa shape index (κ3) is 5.02. The molecule has 6 nitrogen and oxygen atoms in total. The molecule has 3 aromatic rings. The Kier molecular flexibility index (Phi) is 6.79. The van der Waals surface area contributed by atoms with Crippen molar-refractivity contribution in [1.29, 1.82) is 0 Å². The van der Waals surface area contributed by atoms with Gasteiger partial charge < -0.3 is 14.6 Å². The number of carbonyl (C=O) groups is 1. The summed E-state index contributed by atoms with van der Waals surface area (Å²) in [5.41, 5.74) is 6.38. The third-order valence-electron chi connectivity index (χ3n) is 5.86. The Morgan fingerprint density at radius 2 is 2.13 bits per heavy atom. The second kappa shape index (κ2) is 9.54. The van der Waals surface area contributed by atoms with Crippen LogP contribution in [0.2, 0.25) is 0 Å². The molecular weight excluding hydrogens is 428 g/mol. The predicted molar refractivity (Wildman–Crippen MR) is 127 cm³/mol. The summed E-state index contributed by atoms with van der Waals surface area (Å²) in [6.07, 6.45) is 2.46. The molecule has 8 heteroatoms. The number of ether oxygens (including phenoxy) is 1. The minimum Gasteiger partial charge on any atom is -0.376 e. The quantitative estimate of drug-likeness (QED) is 0.358. The van der Waals surface area contributed by atoms with Crippen LogP contribution in [0, 0.1) is 27.7 Å². The standard InChI is InChI=1S/C23H28N4O2S2/c1-14-7-5-9-20(16(14)3)24-22-25-26-23(31-22)30-13-21(28)19-11-15(2)27(17(19)4)12-18-8-6-10-29-18/h5,7,9,11,18H,6,8,10,12-13H2,1-4H3,(H,24,25). The highest BCUT2D eigenvalue weighted by Gasteiger charge is 2.21. The lowest BCUT2D eigenvalue weighted by Crippen LogP contribution is -2.17. The fourth-order valence-electron chi connectivity index (χ4n) is 3.88. The van der Waals surface area contributed by atoms with Crippen molar-refractivity contribution in [2.75, 3.05) is 17.7 Å². The van der Waals surface area contributed by atoms with Crippen LogP contribution in [0.4, 0.5) is 10.8 Å². The van der Waals surface area contributed by atoms with Gasteiger partial charge in [0, 0.05) is 35.8 Å². The summed E-state index contributed by atoms with van der Waals surface area (Å²) in [6.45, 7) is 9.92. The first-order valence-corrected chi connectivity index (χ1v) is 12.3. The summed E-state index contributed by atoms with van der Waals surface area (Å²) in [4.78, 5) is 12.9. The van der Waals surface area contributed by atoms with E-state index in [-0.39, 0.29) is 11.9 Å². The number of hydrogen-bond acceptors (Lipinski definition) is 7. The summed E-state index contributed by atoms with van der Waals surface area (Å²) < 4.78 is 8.77. The fourth-order valence-corrected chi connectivity index (χ4v) is 5.53. The van der Waals surface area contributed by atoms with Gasteiger partial charge in [-0.1, -0.05) is 35.2 Å². The van der Waals surface area contributed by atoms with Crippen molar-refractivity contribution in [3.05, 3.63) is 52.3 Å². The van der Waals surface area contributed by atoms with Gasteiger partial charge in [0.05, 0.1) is 11.9 Å². The minimum absolute atomic E-state index is 0.121. The van der Waals surface area contributed by atoms with Crippen LogP contribution in [-0.2, 0) is 11.3 Å². The molecular formula is C23H28N4O2S2. The van der Waals surface area contributed by atoms with Crippen LogP contribution in [-0.4, -0.2) is 39.0 Å². The normalized spacial score (nSPS) is 16.1. The van der Waals surface area contributed by atoms with Crippen molar-refractivity contribution in [2.45, 2.75) is 57.5 Å². The number of nitrogens with zero attached hydrogens (tertiary/aromatic N) is 3. The topological polar surface area (TPSA) is 69.0 Å². The average Bonchev–Trinajstić information content (AvgIpc) is 3.48. The van der Waals surface area contributed by atoms with E-state index in [0.717, 1.165) is 58.1 Å².